The van der Waals surface area contributed by atoms with E-state index in [2.05, 4.69) is 18.5 Å². The lowest BCUT2D eigenvalue weighted by molar-refractivity contribution is -0.119. The van der Waals surface area contributed by atoms with Crippen molar-refractivity contribution in [2.24, 2.45) is 5.92 Å². The van der Waals surface area contributed by atoms with Crippen LogP contribution in [0.5, 0.6) is 0 Å². The highest BCUT2D eigenvalue weighted by Gasteiger charge is 2.21. The van der Waals surface area contributed by atoms with Gasteiger partial charge in [-0.2, -0.15) is 0 Å². The van der Waals surface area contributed by atoms with E-state index in [1.165, 1.54) is 19.3 Å². The van der Waals surface area contributed by atoms with Gasteiger partial charge in [-0.3, -0.25) is 4.79 Å². The third-order valence-electron chi connectivity index (χ3n) is 3.18. The van der Waals surface area contributed by atoms with Crippen LogP contribution in [-0.4, -0.2) is 16.9 Å². The number of hydrogen-bond acceptors (Lipinski definition) is 3. The molecular weight excluding hydrogens is 202 g/mol. The number of carbonyl (C=O) groups is 1. The Hall–Kier alpha value is -1.25. The van der Waals surface area contributed by atoms with Crippen molar-refractivity contribution in [1.29, 1.82) is 0 Å². The van der Waals surface area contributed by atoms with E-state index >= 15 is 0 Å². The zero-order chi connectivity index (χ0) is 12.1. The maximum absolute atomic E-state index is 11.4. The van der Waals surface area contributed by atoms with Gasteiger partial charge in [-0.25, -0.2) is 0 Å². The Balaban J connectivity index is 2.43. The van der Waals surface area contributed by atoms with Gasteiger partial charge < -0.3 is 10.4 Å². The van der Waals surface area contributed by atoms with Crippen LogP contribution < -0.4 is 5.32 Å². The molecule has 2 N–H and O–H groups in total. The Morgan fingerprint density at radius 2 is 1.88 bits per heavy atom. The summed E-state index contributed by atoms with van der Waals surface area (Å²) in [4.78, 5) is 11.4. The second-order valence-electron chi connectivity index (χ2n) is 4.54. The lowest BCUT2D eigenvalue weighted by atomic mass is 9.87. The average molecular weight is 223 g/mol. The van der Waals surface area contributed by atoms with Crippen LogP contribution in [0.1, 0.15) is 39.0 Å². The van der Waals surface area contributed by atoms with Gasteiger partial charge in [-0.1, -0.05) is 32.4 Å². The highest BCUT2D eigenvalue weighted by Crippen LogP contribution is 2.27. The molecule has 0 aromatic rings. The number of rotatable bonds is 5. The first-order valence-corrected chi connectivity index (χ1v) is 5.89. The Kier molecular flexibility index (Phi) is 4.59. The maximum Gasteiger partial charge on any atom is 0.218 e. The number of ketones is 1. The van der Waals surface area contributed by atoms with Crippen LogP contribution in [0, 0.1) is 5.92 Å². The van der Waals surface area contributed by atoms with Crippen molar-refractivity contribution in [3.05, 3.63) is 24.6 Å². The summed E-state index contributed by atoms with van der Waals surface area (Å²) in [5, 5.41) is 12.1. The predicted molar refractivity (Wildman–Crippen MR) is 65.1 cm³/mol. The number of aliphatic hydroxyl groups excluding tert-OH is 1. The fourth-order valence-corrected chi connectivity index (χ4v) is 2.16. The topological polar surface area (TPSA) is 49.3 Å². The quantitative estimate of drug-likeness (QED) is 0.556. The molecule has 1 saturated carbocycles. The van der Waals surface area contributed by atoms with Gasteiger partial charge in [0.15, 0.2) is 5.76 Å². The fraction of sp³-hybridized carbons (Fsp3) is 0.615. The summed E-state index contributed by atoms with van der Waals surface area (Å²) < 4.78 is 0. The van der Waals surface area contributed by atoms with Gasteiger partial charge in [0.25, 0.3) is 0 Å². The molecule has 1 fully saturated rings. The molecule has 16 heavy (non-hydrogen) atoms. The summed E-state index contributed by atoms with van der Waals surface area (Å²) in [6, 6.07) is -0.438. The SMILES string of the molecule is C=C(O)C(=O)[C@H](C)NC(=C)C1CCCCC1. The molecule has 0 aromatic heterocycles. The summed E-state index contributed by atoms with van der Waals surface area (Å²) >= 11 is 0. The predicted octanol–water partition coefficient (Wildman–Crippen LogP) is 2.70. The third-order valence-corrected chi connectivity index (χ3v) is 3.18. The van der Waals surface area contributed by atoms with E-state index in [1.54, 1.807) is 6.92 Å². The molecule has 0 heterocycles. The second-order valence-corrected chi connectivity index (χ2v) is 4.54. The van der Waals surface area contributed by atoms with E-state index in [1.807, 2.05) is 0 Å². The molecule has 3 heteroatoms. The van der Waals surface area contributed by atoms with Gasteiger partial charge >= 0.3 is 0 Å². The van der Waals surface area contributed by atoms with Gasteiger partial charge in [0.05, 0.1) is 6.04 Å². The van der Waals surface area contributed by atoms with E-state index in [9.17, 15) is 4.79 Å². The van der Waals surface area contributed by atoms with Crippen molar-refractivity contribution in [1.82, 2.24) is 5.32 Å². The number of allylic oxidation sites excluding steroid dienone is 1. The molecule has 0 spiro atoms. The van der Waals surface area contributed by atoms with Crippen molar-refractivity contribution >= 4 is 5.78 Å². The minimum atomic E-state index is -0.438. The number of carbonyl (C=O) groups excluding carboxylic acids is 1. The second kappa shape index (κ2) is 5.73. The van der Waals surface area contributed by atoms with Crippen LogP contribution in [-0.2, 0) is 4.79 Å². The molecular formula is C13H21NO2. The molecule has 0 bridgehead atoms. The van der Waals surface area contributed by atoms with E-state index in [-0.39, 0.29) is 5.78 Å². The fourth-order valence-electron chi connectivity index (χ4n) is 2.16. The largest absolute Gasteiger partial charge is 0.505 e. The first-order valence-electron chi connectivity index (χ1n) is 5.89. The highest BCUT2D eigenvalue weighted by molar-refractivity contribution is 5.96. The molecule has 90 valence electrons. The summed E-state index contributed by atoms with van der Waals surface area (Å²) in [6.45, 7) is 8.94. The maximum atomic E-state index is 11.4. The highest BCUT2D eigenvalue weighted by atomic mass is 16.3. The van der Waals surface area contributed by atoms with Crippen LogP contribution in [0.15, 0.2) is 24.6 Å². The van der Waals surface area contributed by atoms with Crippen molar-refractivity contribution in [2.75, 3.05) is 0 Å². The monoisotopic (exact) mass is 223 g/mol. The van der Waals surface area contributed by atoms with Gasteiger partial charge in [0.1, 0.15) is 0 Å². The first kappa shape index (κ1) is 12.8. The van der Waals surface area contributed by atoms with Crippen LogP contribution in [0.3, 0.4) is 0 Å². The Morgan fingerprint density at radius 3 is 2.38 bits per heavy atom. The van der Waals surface area contributed by atoms with Gasteiger partial charge in [-0.05, 0) is 25.7 Å². The number of aliphatic hydroxyl groups is 1. The average Bonchev–Trinajstić information content (AvgIpc) is 2.28. The van der Waals surface area contributed by atoms with Crippen molar-refractivity contribution < 1.29 is 9.90 Å². The lowest BCUT2D eigenvalue weighted by Gasteiger charge is -2.26. The molecule has 1 rings (SSSR count). The van der Waals surface area contributed by atoms with Gasteiger partial charge in [-0.15, -0.1) is 0 Å². The molecule has 0 aliphatic heterocycles. The van der Waals surface area contributed by atoms with Gasteiger partial charge in [0.2, 0.25) is 5.78 Å². The molecule has 1 atom stereocenters. The minimum Gasteiger partial charge on any atom is -0.505 e. The van der Waals surface area contributed by atoms with Crippen molar-refractivity contribution in [2.45, 2.75) is 45.1 Å². The molecule has 0 saturated heterocycles. The summed E-state index contributed by atoms with van der Waals surface area (Å²) in [5.41, 5.74) is 0.918. The minimum absolute atomic E-state index is 0.364. The van der Waals surface area contributed by atoms with Crippen molar-refractivity contribution in [3.63, 3.8) is 0 Å². The Bertz CT molecular complexity index is 290. The summed E-state index contributed by atoms with van der Waals surface area (Å²) in [7, 11) is 0. The number of nitrogens with one attached hydrogen (secondary N) is 1. The molecule has 0 aromatic carbocycles. The molecule has 1 aliphatic carbocycles. The molecule has 1 aliphatic rings. The van der Waals surface area contributed by atoms with E-state index in [4.69, 9.17) is 5.11 Å². The number of hydrogen-bond donors (Lipinski definition) is 2. The molecule has 3 nitrogen and oxygen atoms in total. The van der Waals surface area contributed by atoms with Crippen LogP contribution in [0.2, 0.25) is 0 Å². The van der Waals surface area contributed by atoms with E-state index in [0.29, 0.717) is 5.92 Å². The normalized spacial score (nSPS) is 18.8. The van der Waals surface area contributed by atoms with Gasteiger partial charge in [0, 0.05) is 5.70 Å². The zero-order valence-corrected chi connectivity index (χ0v) is 9.96. The smallest absolute Gasteiger partial charge is 0.218 e. The summed E-state index contributed by atoms with van der Waals surface area (Å²) in [6.07, 6.45) is 6.06. The standard InChI is InChI=1S/C13H21NO2/c1-9(12-7-5-4-6-8-12)14-10(2)13(16)11(3)15/h10,12,14-15H,1,3-8H2,2H3/t10-/m0/s1. The lowest BCUT2D eigenvalue weighted by Crippen LogP contribution is -2.36. The zero-order valence-electron chi connectivity index (χ0n) is 9.96. The van der Waals surface area contributed by atoms with E-state index < -0.39 is 11.8 Å². The van der Waals surface area contributed by atoms with Crippen LogP contribution >= 0.6 is 0 Å². The van der Waals surface area contributed by atoms with Crippen molar-refractivity contribution in [3.8, 4) is 0 Å². The molecule has 0 unspecified atom stereocenters. The van der Waals surface area contributed by atoms with E-state index in [0.717, 1.165) is 18.5 Å². The third kappa shape index (κ3) is 3.40. The number of Topliss-reactive ketones (excluding diaryl/α,β-unsaturated/α-hetero) is 1. The Morgan fingerprint density at radius 1 is 1.31 bits per heavy atom. The van der Waals surface area contributed by atoms with Crippen LogP contribution in [0.4, 0.5) is 0 Å². The first-order chi connectivity index (χ1) is 7.52. The summed E-state index contributed by atoms with van der Waals surface area (Å²) in [5.74, 6) is -0.288. The van der Waals surface area contributed by atoms with Crippen LogP contribution in [0.25, 0.3) is 0 Å². The molecule has 0 amide bonds. The molecule has 0 radical (unpaired) electrons. The Labute approximate surface area is 97.2 Å².